The predicted octanol–water partition coefficient (Wildman–Crippen LogP) is 3.75. The van der Waals surface area contributed by atoms with E-state index in [1.165, 1.54) is 0 Å². The van der Waals surface area contributed by atoms with Crippen molar-refractivity contribution in [2.45, 2.75) is 59.2 Å². The third-order valence-corrected chi connectivity index (χ3v) is 4.46. The Morgan fingerprint density at radius 1 is 1.19 bits per heavy atom. The zero-order valence-electron chi connectivity index (χ0n) is 17.1. The number of likely N-dealkylation sites (N-methyl/N-ethyl adjacent to an activating group) is 1. The van der Waals surface area contributed by atoms with Crippen LogP contribution in [0.1, 0.15) is 53.1 Å². The summed E-state index contributed by atoms with van der Waals surface area (Å²) in [4.78, 5) is 26.5. The van der Waals surface area contributed by atoms with Gasteiger partial charge in [0.2, 0.25) is 5.91 Å². The van der Waals surface area contributed by atoms with Crippen LogP contribution in [-0.4, -0.2) is 48.2 Å². The van der Waals surface area contributed by atoms with Gasteiger partial charge in [-0.2, -0.15) is 0 Å². The molecule has 152 valence electrons. The summed E-state index contributed by atoms with van der Waals surface area (Å²) in [7, 11) is 0. The number of ether oxygens (including phenoxy) is 1. The van der Waals surface area contributed by atoms with E-state index in [4.69, 9.17) is 16.3 Å². The summed E-state index contributed by atoms with van der Waals surface area (Å²) in [5.74, 6) is -0.273. The Kier molecular flexibility index (Phi) is 9.06. The number of alkyl carbamates (subject to hydrolysis) is 1. The molecule has 2 amide bonds. The SMILES string of the molecule is CCN(CC)C(CNC(=O)[C@@H](C)NC(=O)OC(C)(C)C)c1ccccc1Cl. The Hall–Kier alpha value is -1.79. The fourth-order valence-electron chi connectivity index (χ4n) is 2.75. The van der Waals surface area contributed by atoms with E-state index >= 15 is 0 Å². The number of amides is 2. The number of halogens is 1. The molecule has 1 aromatic rings. The van der Waals surface area contributed by atoms with Crippen LogP contribution in [0.5, 0.6) is 0 Å². The molecule has 6 nitrogen and oxygen atoms in total. The molecule has 0 bridgehead atoms. The number of hydrogen-bond donors (Lipinski definition) is 2. The molecule has 1 aromatic carbocycles. The minimum Gasteiger partial charge on any atom is -0.444 e. The van der Waals surface area contributed by atoms with E-state index in [0.717, 1.165) is 18.7 Å². The second kappa shape index (κ2) is 10.5. The van der Waals surface area contributed by atoms with Crippen LogP contribution in [0.25, 0.3) is 0 Å². The molecule has 7 heteroatoms. The van der Waals surface area contributed by atoms with Gasteiger partial charge < -0.3 is 15.4 Å². The number of rotatable bonds is 8. The van der Waals surface area contributed by atoms with Gasteiger partial charge in [0.15, 0.2) is 0 Å². The third-order valence-electron chi connectivity index (χ3n) is 4.11. The molecular formula is C20H32ClN3O3. The van der Waals surface area contributed by atoms with Gasteiger partial charge in [-0.3, -0.25) is 9.69 Å². The molecule has 1 rings (SSSR count). The molecule has 0 saturated carbocycles. The lowest BCUT2D eigenvalue weighted by Crippen LogP contribution is -2.48. The lowest BCUT2D eigenvalue weighted by molar-refractivity contribution is -0.123. The van der Waals surface area contributed by atoms with Crippen LogP contribution < -0.4 is 10.6 Å². The molecule has 0 aliphatic heterocycles. The molecule has 0 heterocycles. The second-order valence-electron chi connectivity index (χ2n) is 7.37. The lowest BCUT2D eigenvalue weighted by atomic mass is 10.0. The number of nitrogens with zero attached hydrogens (tertiary/aromatic N) is 1. The van der Waals surface area contributed by atoms with Crippen LogP contribution in [0.15, 0.2) is 24.3 Å². The van der Waals surface area contributed by atoms with Crippen molar-refractivity contribution < 1.29 is 14.3 Å². The van der Waals surface area contributed by atoms with Gasteiger partial charge in [-0.15, -0.1) is 0 Å². The minimum atomic E-state index is -0.705. The standard InChI is InChI=1S/C20H32ClN3O3/c1-7-24(8-2)17(15-11-9-10-12-16(15)21)13-22-18(25)14(3)23-19(26)27-20(4,5)6/h9-12,14,17H,7-8,13H2,1-6H3,(H,22,25)(H,23,26)/t14-,17?/m1/s1. The number of nitrogens with one attached hydrogen (secondary N) is 2. The molecule has 27 heavy (non-hydrogen) atoms. The molecule has 2 atom stereocenters. The molecule has 0 radical (unpaired) electrons. The zero-order chi connectivity index (χ0) is 20.6. The van der Waals surface area contributed by atoms with Crippen molar-refractivity contribution in [1.82, 2.24) is 15.5 Å². The van der Waals surface area contributed by atoms with E-state index in [-0.39, 0.29) is 11.9 Å². The first kappa shape index (κ1) is 23.2. The first-order chi connectivity index (χ1) is 12.6. The van der Waals surface area contributed by atoms with Crippen LogP contribution in [0.4, 0.5) is 4.79 Å². The maximum absolute atomic E-state index is 12.4. The van der Waals surface area contributed by atoms with Gasteiger partial charge >= 0.3 is 6.09 Å². The number of carbonyl (C=O) groups is 2. The normalized spacial score (nSPS) is 13.8. The van der Waals surface area contributed by atoms with Gasteiger partial charge in [-0.05, 0) is 52.4 Å². The van der Waals surface area contributed by atoms with Crippen molar-refractivity contribution in [3.63, 3.8) is 0 Å². The molecule has 0 spiro atoms. The van der Waals surface area contributed by atoms with E-state index in [1.807, 2.05) is 24.3 Å². The Morgan fingerprint density at radius 3 is 2.30 bits per heavy atom. The first-order valence-electron chi connectivity index (χ1n) is 9.34. The summed E-state index contributed by atoms with van der Waals surface area (Å²) in [6.07, 6.45) is -0.614. The average molecular weight is 398 g/mol. The Bertz CT molecular complexity index is 627. The summed E-state index contributed by atoms with van der Waals surface area (Å²) in [6.45, 7) is 13.1. The quantitative estimate of drug-likeness (QED) is 0.700. The molecule has 0 fully saturated rings. The van der Waals surface area contributed by atoms with Crippen molar-refractivity contribution in [2.75, 3.05) is 19.6 Å². The molecule has 2 N–H and O–H groups in total. The molecule has 0 aliphatic rings. The zero-order valence-corrected chi connectivity index (χ0v) is 17.9. The number of benzene rings is 1. The predicted molar refractivity (Wildman–Crippen MR) is 109 cm³/mol. The van der Waals surface area contributed by atoms with Gasteiger partial charge in [-0.1, -0.05) is 43.6 Å². The third kappa shape index (κ3) is 7.77. The van der Waals surface area contributed by atoms with E-state index < -0.39 is 17.7 Å². The summed E-state index contributed by atoms with van der Waals surface area (Å²) in [5.41, 5.74) is 0.356. The molecule has 0 aliphatic carbocycles. The maximum Gasteiger partial charge on any atom is 0.408 e. The van der Waals surface area contributed by atoms with Crippen molar-refractivity contribution in [3.05, 3.63) is 34.9 Å². The summed E-state index contributed by atoms with van der Waals surface area (Å²) in [6, 6.07) is 6.89. The highest BCUT2D eigenvalue weighted by Gasteiger charge is 2.24. The minimum absolute atomic E-state index is 0.0497. The van der Waals surface area contributed by atoms with Gasteiger partial charge in [-0.25, -0.2) is 4.79 Å². The van der Waals surface area contributed by atoms with Gasteiger partial charge in [0.05, 0.1) is 6.04 Å². The highest BCUT2D eigenvalue weighted by atomic mass is 35.5. The largest absolute Gasteiger partial charge is 0.444 e. The van der Waals surface area contributed by atoms with Gasteiger partial charge in [0.25, 0.3) is 0 Å². The van der Waals surface area contributed by atoms with E-state index in [9.17, 15) is 9.59 Å². The fourth-order valence-corrected chi connectivity index (χ4v) is 3.01. The molecule has 1 unspecified atom stereocenters. The van der Waals surface area contributed by atoms with Crippen LogP contribution in [0, 0.1) is 0 Å². The first-order valence-corrected chi connectivity index (χ1v) is 9.72. The highest BCUT2D eigenvalue weighted by Crippen LogP contribution is 2.26. The summed E-state index contributed by atoms with van der Waals surface area (Å²) in [5, 5.41) is 6.14. The summed E-state index contributed by atoms with van der Waals surface area (Å²) < 4.78 is 5.19. The molecule has 0 saturated heterocycles. The molecular weight excluding hydrogens is 366 g/mol. The maximum atomic E-state index is 12.4. The van der Waals surface area contributed by atoms with E-state index in [2.05, 4.69) is 29.4 Å². The smallest absolute Gasteiger partial charge is 0.408 e. The van der Waals surface area contributed by atoms with Crippen molar-refractivity contribution in [1.29, 1.82) is 0 Å². The van der Waals surface area contributed by atoms with Gasteiger partial charge in [0, 0.05) is 11.6 Å². The van der Waals surface area contributed by atoms with Crippen LogP contribution in [0.3, 0.4) is 0 Å². The van der Waals surface area contributed by atoms with Crippen molar-refractivity contribution in [2.24, 2.45) is 0 Å². The van der Waals surface area contributed by atoms with Crippen molar-refractivity contribution >= 4 is 23.6 Å². The van der Waals surface area contributed by atoms with E-state index in [1.54, 1.807) is 27.7 Å². The Morgan fingerprint density at radius 2 is 1.78 bits per heavy atom. The monoisotopic (exact) mass is 397 g/mol. The van der Waals surface area contributed by atoms with Crippen LogP contribution in [-0.2, 0) is 9.53 Å². The molecule has 0 aromatic heterocycles. The van der Waals surface area contributed by atoms with Crippen molar-refractivity contribution in [3.8, 4) is 0 Å². The summed E-state index contributed by atoms with van der Waals surface area (Å²) >= 11 is 6.37. The Balaban J connectivity index is 2.76. The van der Waals surface area contributed by atoms with Crippen LogP contribution >= 0.6 is 11.6 Å². The second-order valence-corrected chi connectivity index (χ2v) is 7.78. The van der Waals surface area contributed by atoms with Crippen LogP contribution in [0.2, 0.25) is 5.02 Å². The van der Waals surface area contributed by atoms with E-state index in [0.29, 0.717) is 11.6 Å². The number of carbonyl (C=O) groups excluding carboxylic acids is 2. The average Bonchev–Trinajstić information content (AvgIpc) is 2.57. The number of hydrogen-bond acceptors (Lipinski definition) is 4. The van der Waals surface area contributed by atoms with Gasteiger partial charge in [0.1, 0.15) is 11.6 Å². The lowest BCUT2D eigenvalue weighted by Gasteiger charge is -2.31. The Labute approximate surface area is 167 Å². The highest BCUT2D eigenvalue weighted by molar-refractivity contribution is 6.31. The topological polar surface area (TPSA) is 70.7 Å². The fraction of sp³-hybridized carbons (Fsp3) is 0.600.